The van der Waals surface area contributed by atoms with Gasteiger partial charge in [0.2, 0.25) is 0 Å². The molecule has 0 aliphatic heterocycles. The van der Waals surface area contributed by atoms with Crippen LogP contribution in [0.3, 0.4) is 0 Å². The third-order valence-electron chi connectivity index (χ3n) is 2.48. The van der Waals surface area contributed by atoms with Gasteiger partial charge in [0.15, 0.2) is 0 Å². The number of aromatic amines is 1. The molecular weight excluding hydrogens is 210 g/mol. The smallest absolute Gasteiger partial charge is 0.310 e. The van der Waals surface area contributed by atoms with Gasteiger partial charge in [0, 0.05) is 16.0 Å². The van der Waals surface area contributed by atoms with Gasteiger partial charge in [-0.05, 0) is 25.5 Å². The number of ether oxygens (including phenoxy) is 1. The van der Waals surface area contributed by atoms with Crippen molar-refractivity contribution in [2.75, 3.05) is 7.11 Å². The molecule has 2 rings (SSSR count). The lowest BCUT2D eigenvalue weighted by Gasteiger charge is -1.98. The third kappa shape index (κ3) is 1.77. The highest BCUT2D eigenvalue weighted by Crippen LogP contribution is 2.30. The van der Waals surface area contributed by atoms with Crippen LogP contribution >= 0.6 is 11.3 Å². The summed E-state index contributed by atoms with van der Waals surface area (Å²) in [6.45, 7) is 4.05. The molecule has 0 bridgehead atoms. The molecule has 0 aliphatic rings. The first-order valence-electron chi connectivity index (χ1n) is 4.76. The number of thiophene rings is 1. The third-order valence-corrected chi connectivity index (χ3v) is 3.45. The number of nitrogens with one attached hydrogen (secondary N) is 1. The molecule has 0 atom stereocenters. The second kappa shape index (κ2) is 3.70. The van der Waals surface area contributed by atoms with Crippen molar-refractivity contribution >= 4 is 27.5 Å². The highest BCUT2D eigenvalue weighted by atomic mass is 32.1. The van der Waals surface area contributed by atoms with Crippen molar-refractivity contribution in [3.63, 3.8) is 0 Å². The maximum atomic E-state index is 11.2. The van der Waals surface area contributed by atoms with Gasteiger partial charge >= 0.3 is 5.97 Å². The SMILES string of the molecule is COC(=O)Cc1c(C)[nH]c2sc(C)cc12. The van der Waals surface area contributed by atoms with E-state index >= 15 is 0 Å². The van der Waals surface area contributed by atoms with Gasteiger partial charge in [0.1, 0.15) is 4.83 Å². The van der Waals surface area contributed by atoms with E-state index in [2.05, 4.69) is 22.7 Å². The van der Waals surface area contributed by atoms with Crippen LogP contribution in [0.1, 0.15) is 16.1 Å². The summed E-state index contributed by atoms with van der Waals surface area (Å²) in [4.78, 5) is 16.9. The molecule has 0 radical (unpaired) electrons. The molecule has 1 N–H and O–H groups in total. The summed E-state index contributed by atoms with van der Waals surface area (Å²) < 4.78 is 4.68. The zero-order chi connectivity index (χ0) is 11.0. The molecule has 0 unspecified atom stereocenters. The Labute approximate surface area is 92.1 Å². The van der Waals surface area contributed by atoms with Gasteiger partial charge in [-0.2, -0.15) is 0 Å². The van der Waals surface area contributed by atoms with Crippen LogP contribution in [0, 0.1) is 13.8 Å². The van der Waals surface area contributed by atoms with E-state index in [0.29, 0.717) is 6.42 Å². The summed E-state index contributed by atoms with van der Waals surface area (Å²) in [6.07, 6.45) is 0.346. The average Bonchev–Trinajstić information content (AvgIpc) is 2.65. The quantitative estimate of drug-likeness (QED) is 0.795. The Morgan fingerprint density at radius 3 is 2.93 bits per heavy atom. The van der Waals surface area contributed by atoms with Crippen molar-refractivity contribution in [1.29, 1.82) is 0 Å². The number of hydrogen-bond donors (Lipinski definition) is 1. The zero-order valence-electron chi connectivity index (χ0n) is 9.01. The number of aromatic nitrogens is 1. The first-order chi connectivity index (χ1) is 7.11. The Bertz CT molecular complexity index is 510. The maximum Gasteiger partial charge on any atom is 0.310 e. The van der Waals surface area contributed by atoms with Crippen LogP contribution in [-0.2, 0) is 16.0 Å². The molecule has 0 aromatic carbocycles. The van der Waals surface area contributed by atoms with Gasteiger partial charge < -0.3 is 9.72 Å². The van der Waals surface area contributed by atoms with Crippen LogP contribution < -0.4 is 0 Å². The Morgan fingerprint density at radius 2 is 2.27 bits per heavy atom. The fourth-order valence-electron chi connectivity index (χ4n) is 1.72. The minimum Gasteiger partial charge on any atom is -0.469 e. The highest BCUT2D eigenvalue weighted by Gasteiger charge is 2.14. The molecule has 80 valence electrons. The second-order valence-corrected chi connectivity index (χ2v) is 4.84. The van der Waals surface area contributed by atoms with Crippen molar-refractivity contribution in [2.24, 2.45) is 0 Å². The van der Waals surface area contributed by atoms with Crippen LogP contribution in [0.2, 0.25) is 0 Å². The van der Waals surface area contributed by atoms with E-state index in [9.17, 15) is 4.79 Å². The molecule has 0 amide bonds. The van der Waals surface area contributed by atoms with Gasteiger partial charge in [0.05, 0.1) is 13.5 Å². The van der Waals surface area contributed by atoms with E-state index in [1.54, 1.807) is 11.3 Å². The molecule has 4 heteroatoms. The number of hydrogen-bond acceptors (Lipinski definition) is 3. The number of H-pyrrole nitrogens is 1. The molecule has 2 aromatic heterocycles. The summed E-state index contributed by atoms with van der Waals surface area (Å²) in [5, 5.41) is 1.15. The average molecular weight is 223 g/mol. The lowest BCUT2D eigenvalue weighted by atomic mass is 10.1. The van der Waals surface area contributed by atoms with Gasteiger partial charge in [-0.3, -0.25) is 4.79 Å². The van der Waals surface area contributed by atoms with Crippen molar-refractivity contribution in [3.8, 4) is 0 Å². The molecule has 15 heavy (non-hydrogen) atoms. The largest absolute Gasteiger partial charge is 0.469 e. The van der Waals surface area contributed by atoms with Gasteiger partial charge in [-0.1, -0.05) is 0 Å². The standard InChI is InChI=1S/C11H13NO2S/c1-6-4-9-8(5-10(13)14-3)7(2)12-11(9)15-6/h4,12H,5H2,1-3H3. The van der Waals surface area contributed by atoms with Crippen LogP contribution in [0.25, 0.3) is 10.2 Å². The Morgan fingerprint density at radius 1 is 1.53 bits per heavy atom. The number of esters is 1. The number of carbonyl (C=O) groups excluding carboxylic acids is 1. The lowest BCUT2D eigenvalue weighted by Crippen LogP contribution is -2.04. The molecule has 0 saturated carbocycles. The summed E-state index contributed by atoms with van der Waals surface area (Å²) in [7, 11) is 1.42. The van der Waals surface area contributed by atoms with Crippen molar-refractivity contribution < 1.29 is 9.53 Å². The van der Waals surface area contributed by atoms with E-state index in [1.165, 1.54) is 12.0 Å². The lowest BCUT2D eigenvalue weighted by molar-refractivity contribution is -0.139. The first-order valence-corrected chi connectivity index (χ1v) is 5.58. The van der Waals surface area contributed by atoms with Gasteiger partial charge in [0.25, 0.3) is 0 Å². The fourth-order valence-corrected chi connectivity index (χ4v) is 2.72. The highest BCUT2D eigenvalue weighted by molar-refractivity contribution is 7.18. The molecule has 2 aromatic rings. The summed E-state index contributed by atoms with van der Waals surface area (Å²) in [5.74, 6) is -0.192. The van der Waals surface area contributed by atoms with Crippen LogP contribution in [-0.4, -0.2) is 18.1 Å². The number of rotatable bonds is 2. The number of fused-ring (bicyclic) bond motifs is 1. The molecule has 0 aliphatic carbocycles. The van der Waals surface area contributed by atoms with Crippen molar-refractivity contribution in [3.05, 3.63) is 22.2 Å². The molecule has 2 heterocycles. The normalized spacial score (nSPS) is 10.9. The van der Waals surface area contributed by atoms with E-state index in [0.717, 1.165) is 21.5 Å². The predicted octanol–water partition coefficient (Wildman–Crippen LogP) is 2.56. The van der Waals surface area contributed by atoms with Crippen molar-refractivity contribution in [2.45, 2.75) is 20.3 Å². The van der Waals surface area contributed by atoms with Crippen molar-refractivity contribution in [1.82, 2.24) is 4.98 Å². The van der Waals surface area contributed by atoms with Gasteiger partial charge in [-0.25, -0.2) is 0 Å². The Balaban J connectivity index is 2.47. The zero-order valence-corrected chi connectivity index (χ0v) is 9.83. The first kappa shape index (κ1) is 10.2. The monoisotopic (exact) mass is 223 g/mol. The van der Waals surface area contributed by atoms with Gasteiger partial charge in [-0.15, -0.1) is 11.3 Å². The van der Waals surface area contributed by atoms with Crippen LogP contribution in [0.5, 0.6) is 0 Å². The van der Waals surface area contributed by atoms with E-state index in [4.69, 9.17) is 0 Å². The fraction of sp³-hybridized carbons (Fsp3) is 0.364. The van der Waals surface area contributed by atoms with E-state index in [1.807, 2.05) is 6.92 Å². The predicted molar refractivity (Wildman–Crippen MR) is 61.4 cm³/mol. The topological polar surface area (TPSA) is 42.1 Å². The molecule has 0 spiro atoms. The molecule has 0 fully saturated rings. The Hall–Kier alpha value is -1.29. The maximum absolute atomic E-state index is 11.2. The summed E-state index contributed by atoms with van der Waals surface area (Å²) in [6, 6.07) is 2.11. The molecular formula is C11H13NO2S. The summed E-state index contributed by atoms with van der Waals surface area (Å²) in [5.41, 5.74) is 2.11. The number of methoxy groups -OCH3 is 1. The van der Waals surface area contributed by atoms with E-state index < -0.39 is 0 Å². The number of aryl methyl sites for hydroxylation is 2. The Kier molecular flexibility index (Phi) is 2.52. The van der Waals surface area contributed by atoms with E-state index in [-0.39, 0.29) is 5.97 Å². The second-order valence-electron chi connectivity index (χ2n) is 3.58. The minimum atomic E-state index is -0.192. The molecule has 0 saturated heterocycles. The number of carbonyl (C=O) groups is 1. The minimum absolute atomic E-state index is 0.192. The molecule has 3 nitrogen and oxygen atoms in total. The van der Waals surface area contributed by atoms with Crippen LogP contribution in [0.15, 0.2) is 6.07 Å². The summed E-state index contributed by atoms with van der Waals surface area (Å²) >= 11 is 1.71. The van der Waals surface area contributed by atoms with Crippen LogP contribution in [0.4, 0.5) is 0 Å².